The van der Waals surface area contributed by atoms with Crippen LogP contribution in [0.15, 0.2) is 10.9 Å². The van der Waals surface area contributed by atoms with Gasteiger partial charge in [0.1, 0.15) is 0 Å². The Balaban J connectivity index is 1.87. The van der Waals surface area contributed by atoms with Gasteiger partial charge >= 0.3 is 0 Å². The van der Waals surface area contributed by atoms with Crippen molar-refractivity contribution in [2.24, 2.45) is 0 Å². The molecule has 0 aromatic carbocycles. The highest BCUT2D eigenvalue weighted by atomic mass is 16.5. The third-order valence-electron chi connectivity index (χ3n) is 2.89. The molecule has 1 aromatic heterocycles. The minimum atomic E-state index is -0.0287. The van der Waals surface area contributed by atoms with E-state index in [9.17, 15) is 4.79 Å². The predicted octanol–water partition coefficient (Wildman–Crippen LogP) is -0.178. The largest absolute Gasteiger partial charge is 0.343 e. The van der Waals surface area contributed by atoms with Crippen LogP contribution >= 0.6 is 0 Å². The third-order valence-corrected chi connectivity index (χ3v) is 2.89. The van der Waals surface area contributed by atoms with Gasteiger partial charge in [0.05, 0.1) is 6.04 Å². The van der Waals surface area contributed by atoms with E-state index in [4.69, 9.17) is 0 Å². The Morgan fingerprint density at radius 2 is 2.56 bits per heavy atom. The molecule has 0 saturated carbocycles. The smallest absolute Gasteiger partial charge is 0.239 e. The number of rotatable bonds is 4. The Hall–Kier alpha value is -1.43. The number of amides is 1. The van der Waals surface area contributed by atoms with Gasteiger partial charge in [-0.05, 0) is 19.9 Å². The first-order valence-corrected chi connectivity index (χ1v) is 5.52. The molecule has 1 aromatic rings. The molecule has 1 fully saturated rings. The van der Waals surface area contributed by atoms with Crippen LogP contribution in [0.1, 0.15) is 18.7 Å². The molecule has 2 rings (SSSR count). The van der Waals surface area contributed by atoms with Gasteiger partial charge in [-0.25, -0.2) is 0 Å². The molecule has 2 heterocycles. The molecule has 0 aliphatic carbocycles. The summed E-state index contributed by atoms with van der Waals surface area (Å²) in [4.78, 5) is 17.7. The van der Waals surface area contributed by atoms with E-state index < -0.39 is 0 Å². The summed E-state index contributed by atoms with van der Waals surface area (Å²) in [5.74, 6) is 0.830. The lowest BCUT2D eigenvalue weighted by atomic mass is 10.0. The second-order valence-electron chi connectivity index (χ2n) is 3.91. The number of carbonyl (C=O) groups excluding carboxylic acids is 1. The molecule has 1 unspecified atom stereocenters. The number of piperidine rings is 1. The second-order valence-corrected chi connectivity index (χ2v) is 3.91. The minimum absolute atomic E-state index is 0.0287. The summed E-state index contributed by atoms with van der Waals surface area (Å²) in [5, 5.41) is 6.76. The van der Waals surface area contributed by atoms with Gasteiger partial charge in [-0.2, -0.15) is 4.98 Å². The molecule has 88 valence electrons. The fourth-order valence-corrected chi connectivity index (χ4v) is 1.97. The van der Waals surface area contributed by atoms with E-state index in [0.717, 1.165) is 19.4 Å². The normalized spacial score (nSPS) is 21.4. The van der Waals surface area contributed by atoms with Gasteiger partial charge in [-0.1, -0.05) is 5.16 Å². The van der Waals surface area contributed by atoms with Crippen molar-refractivity contribution in [2.75, 3.05) is 20.1 Å². The summed E-state index contributed by atoms with van der Waals surface area (Å²) < 4.78 is 4.65. The molecule has 1 aliphatic rings. The number of nitrogens with zero attached hydrogens (tertiary/aromatic N) is 3. The Morgan fingerprint density at radius 3 is 3.25 bits per heavy atom. The number of likely N-dealkylation sites (N-methyl/N-ethyl adjacent to an activating group) is 1. The lowest BCUT2D eigenvalue weighted by Gasteiger charge is -2.31. The van der Waals surface area contributed by atoms with Crippen molar-refractivity contribution >= 4 is 5.91 Å². The monoisotopic (exact) mass is 224 g/mol. The predicted molar refractivity (Wildman–Crippen MR) is 56.7 cm³/mol. The van der Waals surface area contributed by atoms with Crippen LogP contribution in [0.3, 0.4) is 0 Å². The number of hydrogen-bond acceptors (Lipinski definition) is 5. The maximum absolute atomic E-state index is 11.9. The van der Waals surface area contributed by atoms with Crippen molar-refractivity contribution in [2.45, 2.75) is 25.3 Å². The number of hydrogen-bond donors (Lipinski definition) is 1. The van der Waals surface area contributed by atoms with Gasteiger partial charge in [-0.3, -0.25) is 4.79 Å². The average Bonchev–Trinajstić information content (AvgIpc) is 2.81. The Kier molecular flexibility index (Phi) is 3.51. The maximum Gasteiger partial charge on any atom is 0.239 e. The summed E-state index contributed by atoms with van der Waals surface area (Å²) in [6.45, 7) is 1.49. The van der Waals surface area contributed by atoms with Gasteiger partial charge in [0.15, 0.2) is 5.82 Å². The highest BCUT2D eigenvalue weighted by Crippen LogP contribution is 2.11. The molecule has 6 nitrogen and oxygen atoms in total. The lowest BCUT2D eigenvalue weighted by Crippen LogP contribution is -2.50. The summed E-state index contributed by atoms with van der Waals surface area (Å²) in [5.41, 5.74) is 0. The molecule has 1 saturated heterocycles. The van der Waals surface area contributed by atoms with Crippen molar-refractivity contribution in [3.05, 3.63) is 12.2 Å². The quantitative estimate of drug-likeness (QED) is 0.768. The van der Waals surface area contributed by atoms with Gasteiger partial charge in [0.2, 0.25) is 12.3 Å². The van der Waals surface area contributed by atoms with Crippen molar-refractivity contribution in [3.8, 4) is 0 Å². The summed E-state index contributed by atoms with van der Waals surface area (Å²) in [7, 11) is 1.82. The van der Waals surface area contributed by atoms with Crippen molar-refractivity contribution < 1.29 is 9.32 Å². The van der Waals surface area contributed by atoms with Gasteiger partial charge < -0.3 is 14.7 Å². The molecular formula is C10H16N4O2. The van der Waals surface area contributed by atoms with Crippen molar-refractivity contribution in [1.82, 2.24) is 20.4 Å². The van der Waals surface area contributed by atoms with Gasteiger partial charge in [0.25, 0.3) is 0 Å². The molecular weight excluding hydrogens is 208 g/mol. The fourth-order valence-electron chi connectivity index (χ4n) is 1.97. The Bertz CT molecular complexity index is 339. The number of carbonyl (C=O) groups is 1. The molecule has 6 heteroatoms. The van der Waals surface area contributed by atoms with Crippen LogP contribution in [0.2, 0.25) is 0 Å². The standard InChI is InChI=1S/C10H16N4O2/c1-11-8-3-2-5-14(10(8)15)6-4-9-12-7-16-13-9/h7-8,11H,2-6H2,1H3. The fraction of sp³-hybridized carbons (Fsp3) is 0.700. The van der Waals surface area contributed by atoms with E-state index in [1.807, 2.05) is 11.9 Å². The van der Waals surface area contributed by atoms with Crippen LogP contribution in [0, 0.1) is 0 Å². The zero-order chi connectivity index (χ0) is 11.4. The van der Waals surface area contributed by atoms with Crippen LogP contribution in [-0.2, 0) is 11.2 Å². The highest BCUT2D eigenvalue weighted by Gasteiger charge is 2.26. The lowest BCUT2D eigenvalue weighted by molar-refractivity contribution is -0.135. The van der Waals surface area contributed by atoms with Gasteiger partial charge in [0, 0.05) is 19.5 Å². The minimum Gasteiger partial charge on any atom is -0.343 e. The Morgan fingerprint density at radius 1 is 1.69 bits per heavy atom. The number of nitrogens with one attached hydrogen (secondary N) is 1. The SMILES string of the molecule is CNC1CCCN(CCc2ncon2)C1=O. The second kappa shape index (κ2) is 5.07. The highest BCUT2D eigenvalue weighted by molar-refractivity contribution is 5.82. The molecule has 16 heavy (non-hydrogen) atoms. The molecule has 0 spiro atoms. The first-order valence-electron chi connectivity index (χ1n) is 5.52. The molecule has 1 atom stereocenters. The third kappa shape index (κ3) is 2.38. The zero-order valence-electron chi connectivity index (χ0n) is 9.35. The van der Waals surface area contributed by atoms with Crippen LogP contribution < -0.4 is 5.32 Å². The summed E-state index contributed by atoms with van der Waals surface area (Å²) in [6.07, 6.45) is 3.93. The van der Waals surface area contributed by atoms with Crippen molar-refractivity contribution in [3.63, 3.8) is 0 Å². The zero-order valence-corrected chi connectivity index (χ0v) is 9.35. The average molecular weight is 224 g/mol. The van der Waals surface area contributed by atoms with E-state index in [0.29, 0.717) is 18.8 Å². The molecule has 0 bridgehead atoms. The van der Waals surface area contributed by atoms with Crippen molar-refractivity contribution in [1.29, 1.82) is 0 Å². The summed E-state index contributed by atoms with van der Waals surface area (Å²) in [6, 6.07) is -0.0287. The topological polar surface area (TPSA) is 71.3 Å². The van der Waals surface area contributed by atoms with E-state index in [-0.39, 0.29) is 11.9 Å². The molecule has 0 radical (unpaired) electrons. The van der Waals surface area contributed by atoms with E-state index in [1.54, 1.807) is 0 Å². The van der Waals surface area contributed by atoms with Crippen LogP contribution in [-0.4, -0.2) is 47.1 Å². The van der Waals surface area contributed by atoms with E-state index in [1.165, 1.54) is 6.39 Å². The summed E-state index contributed by atoms with van der Waals surface area (Å²) >= 11 is 0. The molecule has 1 amide bonds. The number of aromatic nitrogens is 2. The van der Waals surface area contributed by atoms with Crippen LogP contribution in [0.25, 0.3) is 0 Å². The van der Waals surface area contributed by atoms with E-state index in [2.05, 4.69) is 20.0 Å². The van der Waals surface area contributed by atoms with Crippen LogP contribution in [0.5, 0.6) is 0 Å². The Labute approximate surface area is 94.0 Å². The first kappa shape index (κ1) is 11.1. The molecule has 1 N–H and O–H groups in total. The van der Waals surface area contributed by atoms with E-state index >= 15 is 0 Å². The first-order chi connectivity index (χ1) is 7.81. The van der Waals surface area contributed by atoms with Crippen LogP contribution in [0.4, 0.5) is 0 Å². The van der Waals surface area contributed by atoms with Gasteiger partial charge in [-0.15, -0.1) is 0 Å². The molecule has 1 aliphatic heterocycles. The maximum atomic E-state index is 11.9. The number of likely N-dealkylation sites (tertiary alicyclic amines) is 1.